The summed E-state index contributed by atoms with van der Waals surface area (Å²) in [7, 11) is 3.47. The average molecular weight is 405 g/mol. The zero-order chi connectivity index (χ0) is 14.7. The van der Waals surface area contributed by atoms with Crippen molar-refractivity contribution < 1.29 is 9.47 Å². The summed E-state index contributed by atoms with van der Waals surface area (Å²) in [5.74, 6) is 1.42. The molecular weight excluding hydrogens is 390 g/mol. The molecule has 108 valence electrons. The maximum atomic E-state index is 5.96. The first kappa shape index (κ1) is 15.3. The van der Waals surface area contributed by atoms with Gasteiger partial charge in [-0.3, -0.25) is 4.68 Å². The lowest BCUT2D eigenvalue weighted by Gasteiger charge is -2.18. The van der Waals surface area contributed by atoms with E-state index in [0.29, 0.717) is 12.3 Å². The fourth-order valence-electron chi connectivity index (χ4n) is 1.77. The fraction of sp³-hybridized carbons (Fsp3) is 0.308. The summed E-state index contributed by atoms with van der Waals surface area (Å²) < 4.78 is 14.5. The van der Waals surface area contributed by atoms with Gasteiger partial charge in [0.1, 0.15) is 17.6 Å². The van der Waals surface area contributed by atoms with Crippen LogP contribution in [0.1, 0.15) is 11.7 Å². The normalized spacial score (nSPS) is 12.2. The highest BCUT2D eigenvalue weighted by Gasteiger charge is 2.16. The number of hydrogen-bond donors (Lipinski definition) is 1. The van der Waals surface area contributed by atoms with Gasteiger partial charge in [0, 0.05) is 25.4 Å². The Morgan fingerprint density at radius 1 is 1.30 bits per heavy atom. The predicted molar refractivity (Wildman–Crippen MR) is 84.0 cm³/mol. The number of benzene rings is 1. The SMILES string of the molecule is COc1cc(Br)c(OC(CN)c2cnn(C)c2)cc1Br. The monoisotopic (exact) mass is 403 g/mol. The zero-order valence-corrected chi connectivity index (χ0v) is 14.3. The first-order valence-electron chi connectivity index (χ1n) is 5.93. The van der Waals surface area contributed by atoms with Crippen LogP contribution < -0.4 is 15.2 Å². The van der Waals surface area contributed by atoms with E-state index in [1.807, 2.05) is 25.4 Å². The molecule has 1 unspecified atom stereocenters. The van der Waals surface area contributed by atoms with Gasteiger partial charge in [0.05, 0.1) is 22.3 Å². The van der Waals surface area contributed by atoms with E-state index in [4.69, 9.17) is 15.2 Å². The molecule has 1 atom stereocenters. The number of methoxy groups -OCH3 is 1. The van der Waals surface area contributed by atoms with E-state index < -0.39 is 0 Å². The second-order valence-electron chi connectivity index (χ2n) is 4.21. The van der Waals surface area contributed by atoms with Crippen molar-refractivity contribution in [2.24, 2.45) is 12.8 Å². The summed E-state index contributed by atoms with van der Waals surface area (Å²) in [6.07, 6.45) is 3.40. The van der Waals surface area contributed by atoms with Crippen LogP contribution in [0.5, 0.6) is 11.5 Å². The molecule has 0 aliphatic heterocycles. The quantitative estimate of drug-likeness (QED) is 0.831. The molecule has 1 heterocycles. The number of nitrogens with zero attached hydrogens (tertiary/aromatic N) is 2. The Morgan fingerprint density at radius 3 is 2.50 bits per heavy atom. The van der Waals surface area contributed by atoms with Crippen LogP contribution in [0.3, 0.4) is 0 Å². The van der Waals surface area contributed by atoms with Gasteiger partial charge in [-0.15, -0.1) is 0 Å². The molecule has 0 spiro atoms. The molecule has 0 aliphatic rings. The third-order valence-corrected chi connectivity index (χ3v) is 4.03. The molecule has 0 radical (unpaired) electrons. The number of rotatable bonds is 5. The summed E-state index contributed by atoms with van der Waals surface area (Å²) >= 11 is 6.91. The molecule has 7 heteroatoms. The van der Waals surface area contributed by atoms with E-state index in [0.717, 1.165) is 20.3 Å². The Balaban J connectivity index is 2.26. The number of nitrogens with two attached hydrogens (primary N) is 1. The van der Waals surface area contributed by atoms with Gasteiger partial charge in [0.25, 0.3) is 0 Å². The molecule has 20 heavy (non-hydrogen) atoms. The van der Waals surface area contributed by atoms with Crippen LogP contribution in [0.25, 0.3) is 0 Å². The van der Waals surface area contributed by atoms with E-state index in [1.165, 1.54) is 0 Å². The van der Waals surface area contributed by atoms with Gasteiger partial charge in [-0.25, -0.2) is 0 Å². The van der Waals surface area contributed by atoms with Crippen LogP contribution in [-0.4, -0.2) is 23.4 Å². The third kappa shape index (κ3) is 3.34. The van der Waals surface area contributed by atoms with Crippen LogP contribution in [-0.2, 0) is 7.05 Å². The highest BCUT2D eigenvalue weighted by Crippen LogP contribution is 2.37. The number of ether oxygens (including phenoxy) is 2. The summed E-state index contributed by atoms with van der Waals surface area (Å²) in [5.41, 5.74) is 6.73. The van der Waals surface area contributed by atoms with Crippen molar-refractivity contribution in [3.05, 3.63) is 39.0 Å². The minimum absolute atomic E-state index is 0.250. The Hall–Kier alpha value is -1.05. The third-order valence-electron chi connectivity index (χ3n) is 2.79. The molecule has 1 aromatic heterocycles. The van der Waals surface area contributed by atoms with Crippen molar-refractivity contribution in [2.75, 3.05) is 13.7 Å². The Labute approximate surface area is 134 Å². The average Bonchev–Trinajstić information content (AvgIpc) is 2.85. The first-order valence-corrected chi connectivity index (χ1v) is 7.52. The van der Waals surface area contributed by atoms with Crippen LogP contribution in [0, 0.1) is 0 Å². The molecule has 0 aliphatic carbocycles. The molecule has 1 aromatic carbocycles. The van der Waals surface area contributed by atoms with E-state index in [2.05, 4.69) is 37.0 Å². The van der Waals surface area contributed by atoms with E-state index >= 15 is 0 Å². The number of hydrogen-bond acceptors (Lipinski definition) is 4. The molecule has 2 rings (SSSR count). The van der Waals surface area contributed by atoms with Gasteiger partial charge >= 0.3 is 0 Å². The lowest BCUT2D eigenvalue weighted by Crippen LogP contribution is -2.18. The highest BCUT2D eigenvalue weighted by atomic mass is 79.9. The van der Waals surface area contributed by atoms with Crippen molar-refractivity contribution in [3.63, 3.8) is 0 Å². The highest BCUT2D eigenvalue weighted by molar-refractivity contribution is 9.11. The van der Waals surface area contributed by atoms with Gasteiger partial charge in [-0.05, 0) is 44.0 Å². The lowest BCUT2D eigenvalue weighted by atomic mass is 10.2. The topological polar surface area (TPSA) is 62.3 Å². The van der Waals surface area contributed by atoms with Gasteiger partial charge in [-0.1, -0.05) is 0 Å². The minimum Gasteiger partial charge on any atom is -0.496 e. The first-order chi connectivity index (χ1) is 9.55. The summed E-state index contributed by atoms with van der Waals surface area (Å²) in [5, 5.41) is 4.13. The van der Waals surface area contributed by atoms with E-state index in [9.17, 15) is 0 Å². The zero-order valence-electron chi connectivity index (χ0n) is 11.1. The summed E-state index contributed by atoms with van der Waals surface area (Å²) in [6, 6.07) is 3.69. The fourth-order valence-corrected chi connectivity index (χ4v) is 2.67. The smallest absolute Gasteiger partial charge is 0.139 e. The maximum Gasteiger partial charge on any atom is 0.139 e. The van der Waals surface area contributed by atoms with Crippen molar-refractivity contribution >= 4 is 31.9 Å². The number of aromatic nitrogens is 2. The molecule has 0 bridgehead atoms. The molecule has 2 N–H and O–H groups in total. The Bertz CT molecular complexity index is 601. The van der Waals surface area contributed by atoms with Crippen molar-refractivity contribution in [1.29, 1.82) is 0 Å². The molecule has 0 saturated heterocycles. The predicted octanol–water partition coefficient (Wildman–Crippen LogP) is 3.03. The number of halogens is 2. The standard InChI is InChI=1S/C13H15Br2N3O2/c1-18-7-8(6-17-18)13(5-16)20-12-4-9(14)11(19-2)3-10(12)15/h3-4,6-7,13H,5,16H2,1-2H3. The van der Waals surface area contributed by atoms with Gasteiger partial charge in [0.2, 0.25) is 0 Å². The molecule has 2 aromatic rings. The Kier molecular flexibility index (Phi) is 5.06. The number of aryl methyl sites for hydroxylation is 1. The molecule has 0 fully saturated rings. The lowest BCUT2D eigenvalue weighted by molar-refractivity contribution is 0.212. The second kappa shape index (κ2) is 6.60. The maximum absolute atomic E-state index is 5.96. The minimum atomic E-state index is -0.250. The summed E-state index contributed by atoms with van der Waals surface area (Å²) in [4.78, 5) is 0. The van der Waals surface area contributed by atoms with Crippen LogP contribution in [0.4, 0.5) is 0 Å². The van der Waals surface area contributed by atoms with Gasteiger partial charge < -0.3 is 15.2 Å². The van der Waals surface area contributed by atoms with Crippen LogP contribution >= 0.6 is 31.9 Å². The van der Waals surface area contributed by atoms with E-state index in [1.54, 1.807) is 18.0 Å². The summed E-state index contributed by atoms with van der Waals surface area (Å²) in [6.45, 7) is 0.363. The van der Waals surface area contributed by atoms with Gasteiger partial charge in [-0.2, -0.15) is 5.10 Å². The Morgan fingerprint density at radius 2 is 1.95 bits per heavy atom. The molecule has 0 saturated carbocycles. The van der Waals surface area contributed by atoms with Crippen molar-refractivity contribution in [2.45, 2.75) is 6.10 Å². The molecule has 5 nitrogen and oxygen atoms in total. The van der Waals surface area contributed by atoms with Crippen LogP contribution in [0.2, 0.25) is 0 Å². The molecular formula is C13H15Br2N3O2. The van der Waals surface area contributed by atoms with Crippen LogP contribution in [0.15, 0.2) is 33.5 Å². The molecule has 0 amide bonds. The van der Waals surface area contributed by atoms with Crippen molar-refractivity contribution in [3.8, 4) is 11.5 Å². The van der Waals surface area contributed by atoms with Gasteiger partial charge in [0.15, 0.2) is 0 Å². The largest absolute Gasteiger partial charge is 0.496 e. The second-order valence-corrected chi connectivity index (χ2v) is 5.92. The van der Waals surface area contributed by atoms with E-state index in [-0.39, 0.29) is 6.10 Å². The van der Waals surface area contributed by atoms with Crippen molar-refractivity contribution in [1.82, 2.24) is 9.78 Å².